The standard InChI is InChI=1S/C21H20N2O6S2/c1-28-13-12-22-31(26,27)18-10-4-15(5-11-18)21(25)29-17-8-6-16(7-9-17)23-20(24)19-3-2-14-30-19/h2-11,14,22H,12-13H2,1H3,(H,23,24). The Bertz CT molecular complexity index is 1130. The van der Waals surface area contributed by atoms with E-state index in [1.807, 2.05) is 5.38 Å². The predicted molar refractivity (Wildman–Crippen MR) is 117 cm³/mol. The molecule has 0 aliphatic carbocycles. The van der Waals surface area contributed by atoms with Crippen molar-refractivity contribution >= 4 is 38.9 Å². The molecule has 0 atom stereocenters. The van der Waals surface area contributed by atoms with Crippen molar-refractivity contribution in [2.75, 3.05) is 25.6 Å². The Morgan fingerprint density at radius 1 is 1.00 bits per heavy atom. The summed E-state index contributed by atoms with van der Waals surface area (Å²) < 4.78 is 36.8. The number of ether oxygens (including phenoxy) is 2. The third-order valence-corrected chi connectivity index (χ3v) is 6.41. The molecule has 0 radical (unpaired) electrons. The van der Waals surface area contributed by atoms with Crippen LogP contribution in [0.2, 0.25) is 0 Å². The molecule has 1 aromatic heterocycles. The predicted octanol–water partition coefficient (Wildman–Crippen LogP) is 3.14. The molecular formula is C21H20N2O6S2. The zero-order chi connectivity index (χ0) is 22.3. The number of benzene rings is 2. The maximum atomic E-state index is 12.3. The molecule has 0 saturated heterocycles. The van der Waals surface area contributed by atoms with Gasteiger partial charge in [-0.15, -0.1) is 11.3 Å². The Balaban J connectivity index is 1.59. The highest BCUT2D eigenvalue weighted by Gasteiger charge is 2.15. The van der Waals surface area contributed by atoms with E-state index in [9.17, 15) is 18.0 Å². The van der Waals surface area contributed by atoms with Crippen molar-refractivity contribution in [3.05, 3.63) is 76.5 Å². The average molecular weight is 461 g/mol. The Labute approximate surface area is 183 Å². The molecule has 8 nitrogen and oxygen atoms in total. The summed E-state index contributed by atoms with van der Waals surface area (Å²) in [4.78, 5) is 25.0. The minimum absolute atomic E-state index is 0.0333. The van der Waals surface area contributed by atoms with E-state index >= 15 is 0 Å². The van der Waals surface area contributed by atoms with Crippen LogP contribution < -0.4 is 14.8 Å². The first kappa shape index (κ1) is 22.6. The zero-order valence-electron chi connectivity index (χ0n) is 16.5. The first-order valence-electron chi connectivity index (χ1n) is 9.15. The van der Waals surface area contributed by atoms with Gasteiger partial charge in [-0.25, -0.2) is 17.9 Å². The topological polar surface area (TPSA) is 111 Å². The van der Waals surface area contributed by atoms with Gasteiger partial charge in [0.05, 0.1) is 21.9 Å². The van der Waals surface area contributed by atoms with Gasteiger partial charge in [-0.05, 0) is 60.0 Å². The van der Waals surface area contributed by atoms with Crippen LogP contribution in [0, 0.1) is 0 Å². The van der Waals surface area contributed by atoms with Gasteiger partial charge in [-0.1, -0.05) is 6.07 Å². The van der Waals surface area contributed by atoms with E-state index in [2.05, 4.69) is 10.0 Å². The van der Waals surface area contributed by atoms with Crippen molar-refractivity contribution < 1.29 is 27.5 Å². The molecule has 0 bridgehead atoms. The van der Waals surface area contributed by atoms with Crippen molar-refractivity contribution in [1.29, 1.82) is 0 Å². The van der Waals surface area contributed by atoms with Gasteiger partial charge in [0.1, 0.15) is 5.75 Å². The van der Waals surface area contributed by atoms with Gasteiger partial charge in [-0.2, -0.15) is 0 Å². The number of thiophene rings is 1. The maximum absolute atomic E-state index is 12.3. The summed E-state index contributed by atoms with van der Waals surface area (Å²) in [6.45, 7) is 0.395. The normalized spacial score (nSPS) is 11.1. The fraction of sp³-hybridized carbons (Fsp3) is 0.143. The number of anilines is 1. The molecule has 10 heteroatoms. The van der Waals surface area contributed by atoms with Crippen molar-refractivity contribution in [1.82, 2.24) is 4.72 Å². The molecule has 0 unspecified atom stereocenters. The highest BCUT2D eigenvalue weighted by molar-refractivity contribution is 7.89. The molecule has 0 aliphatic rings. The summed E-state index contributed by atoms with van der Waals surface area (Å²) in [6.07, 6.45) is 0. The van der Waals surface area contributed by atoms with Crippen LogP contribution in [0.15, 0.2) is 70.9 Å². The van der Waals surface area contributed by atoms with Gasteiger partial charge in [0.25, 0.3) is 5.91 Å². The van der Waals surface area contributed by atoms with Crippen LogP contribution in [0.1, 0.15) is 20.0 Å². The lowest BCUT2D eigenvalue weighted by Crippen LogP contribution is -2.27. The molecule has 0 spiro atoms. The summed E-state index contributed by atoms with van der Waals surface area (Å²) >= 11 is 1.34. The van der Waals surface area contributed by atoms with E-state index in [0.717, 1.165) is 0 Å². The van der Waals surface area contributed by atoms with Gasteiger partial charge >= 0.3 is 5.97 Å². The average Bonchev–Trinajstić information content (AvgIpc) is 3.30. The molecule has 0 saturated carbocycles. The third kappa shape index (κ3) is 6.22. The summed E-state index contributed by atoms with van der Waals surface area (Å²) in [5.74, 6) is -0.560. The molecule has 0 aliphatic heterocycles. The van der Waals surface area contributed by atoms with E-state index in [4.69, 9.17) is 9.47 Å². The van der Waals surface area contributed by atoms with Crippen molar-refractivity contribution in [3.8, 4) is 5.75 Å². The lowest BCUT2D eigenvalue weighted by Gasteiger charge is -2.08. The minimum atomic E-state index is -3.68. The smallest absolute Gasteiger partial charge is 0.343 e. The van der Waals surface area contributed by atoms with E-state index in [1.165, 1.54) is 42.7 Å². The van der Waals surface area contributed by atoms with Gasteiger partial charge in [0, 0.05) is 19.3 Å². The number of carbonyl (C=O) groups is 2. The highest BCUT2D eigenvalue weighted by atomic mass is 32.2. The number of hydrogen-bond acceptors (Lipinski definition) is 7. The van der Waals surface area contributed by atoms with Gasteiger partial charge in [0.2, 0.25) is 10.0 Å². The molecule has 2 N–H and O–H groups in total. The summed E-state index contributed by atoms with van der Waals surface area (Å²) in [7, 11) is -2.21. The molecule has 3 aromatic rings. The number of methoxy groups -OCH3 is 1. The Morgan fingerprint density at radius 2 is 1.71 bits per heavy atom. The first-order chi connectivity index (χ1) is 14.9. The van der Waals surface area contributed by atoms with E-state index < -0.39 is 16.0 Å². The molecule has 162 valence electrons. The number of amides is 1. The number of nitrogens with one attached hydrogen (secondary N) is 2. The van der Waals surface area contributed by atoms with Gasteiger partial charge in [-0.3, -0.25) is 4.79 Å². The molecular weight excluding hydrogens is 440 g/mol. The quantitative estimate of drug-likeness (QED) is 0.288. The third-order valence-electron chi connectivity index (χ3n) is 4.07. The minimum Gasteiger partial charge on any atom is -0.423 e. The van der Waals surface area contributed by atoms with E-state index in [1.54, 1.807) is 36.4 Å². The lowest BCUT2D eigenvalue weighted by molar-refractivity contribution is 0.0734. The second-order valence-electron chi connectivity index (χ2n) is 6.26. The fourth-order valence-corrected chi connectivity index (χ4v) is 4.14. The Morgan fingerprint density at radius 3 is 2.32 bits per heavy atom. The number of sulfonamides is 1. The zero-order valence-corrected chi connectivity index (χ0v) is 18.2. The largest absolute Gasteiger partial charge is 0.423 e. The van der Waals surface area contributed by atoms with Gasteiger partial charge < -0.3 is 14.8 Å². The van der Waals surface area contributed by atoms with Crippen molar-refractivity contribution in [2.24, 2.45) is 0 Å². The van der Waals surface area contributed by atoms with Crippen molar-refractivity contribution in [2.45, 2.75) is 4.90 Å². The van der Waals surface area contributed by atoms with Gasteiger partial charge in [0.15, 0.2) is 0 Å². The van der Waals surface area contributed by atoms with Crippen LogP contribution in [0.25, 0.3) is 0 Å². The second kappa shape index (κ2) is 10.3. The van der Waals surface area contributed by atoms with Crippen molar-refractivity contribution in [3.63, 3.8) is 0 Å². The van der Waals surface area contributed by atoms with Crippen LogP contribution in [0.4, 0.5) is 5.69 Å². The number of carbonyl (C=O) groups excluding carboxylic acids is 2. The van der Waals surface area contributed by atoms with Crippen LogP contribution >= 0.6 is 11.3 Å². The van der Waals surface area contributed by atoms with Crippen LogP contribution in [-0.4, -0.2) is 40.6 Å². The molecule has 0 fully saturated rings. The Kier molecular flexibility index (Phi) is 7.53. The molecule has 1 heterocycles. The maximum Gasteiger partial charge on any atom is 0.343 e. The van der Waals surface area contributed by atoms with E-state index in [0.29, 0.717) is 10.6 Å². The Hall–Kier alpha value is -3.05. The number of hydrogen-bond donors (Lipinski definition) is 2. The molecule has 1 amide bonds. The fourth-order valence-electron chi connectivity index (χ4n) is 2.50. The summed E-state index contributed by atoms with van der Waals surface area (Å²) in [5, 5.41) is 4.57. The molecule has 31 heavy (non-hydrogen) atoms. The summed E-state index contributed by atoms with van der Waals surface area (Å²) in [6, 6.07) is 15.3. The number of rotatable bonds is 9. The van der Waals surface area contributed by atoms with E-state index in [-0.39, 0.29) is 35.3 Å². The highest BCUT2D eigenvalue weighted by Crippen LogP contribution is 2.19. The SMILES string of the molecule is COCCNS(=O)(=O)c1ccc(C(=O)Oc2ccc(NC(=O)c3cccs3)cc2)cc1. The van der Waals surface area contributed by atoms with Crippen LogP contribution in [0.3, 0.4) is 0 Å². The van der Waals surface area contributed by atoms with Crippen LogP contribution in [-0.2, 0) is 14.8 Å². The van der Waals surface area contributed by atoms with Crippen LogP contribution in [0.5, 0.6) is 5.75 Å². The molecule has 2 aromatic carbocycles. The second-order valence-corrected chi connectivity index (χ2v) is 8.97. The first-order valence-corrected chi connectivity index (χ1v) is 11.5. The summed E-state index contributed by atoms with van der Waals surface area (Å²) in [5.41, 5.74) is 0.764. The molecule has 3 rings (SSSR count). The monoisotopic (exact) mass is 460 g/mol. The number of esters is 1. The lowest BCUT2D eigenvalue weighted by atomic mass is 10.2.